The van der Waals surface area contributed by atoms with Gasteiger partial charge in [-0.1, -0.05) is 44.6 Å². The lowest BCUT2D eigenvalue weighted by Crippen LogP contribution is -2.52. The van der Waals surface area contributed by atoms with Crippen molar-refractivity contribution >= 4 is 11.6 Å². The summed E-state index contributed by atoms with van der Waals surface area (Å²) in [4.78, 5) is 25.7. The third-order valence-corrected chi connectivity index (χ3v) is 7.85. The molecule has 6 nitrogen and oxygen atoms in total. The second-order valence-electron chi connectivity index (χ2n) is 10.00. The van der Waals surface area contributed by atoms with Crippen molar-refractivity contribution in [1.82, 2.24) is 24.1 Å². The second-order valence-corrected chi connectivity index (χ2v) is 10.00. The first kappa shape index (κ1) is 21.9. The Morgan fingerprint density at radius 3 is 2.28 bits per heavy atom. The molecule has 3 aliphatic rings. The van der Waals surface area contributed by atoms with Crippen molar-refractivity contribution in [3.05, 3.63) is 35.8 Å². The predicted octanol–water partition coefficient (Wildman–Crippen LogP) is 4.19. The van der Waals surface area contributed by atoms with Gasteiger partial charge in [0.2, 0.25) is 0 Å². The first-order valence-electron chi connectivity index (χ1n) is 13.0. The lowest BCUT2D eigenvalue weighted by Gasteiger charge is -2.40. The van der Waals surface area contributed by atoms with Crippen LogP contribution in [0.1, 0.15) is 80.4 Å². The van der Waals surface area contributed by atoms with Gasteiger partial charge in [0.1, 0.15) is 5.65 Å². The van der Waals surface area contributed by atoms with Crippen molar-refractivity contribution in [2.75, 3.05) is 39.3 Å². The molecule has 2 aromatic rings. The van der Waals surface area contributed by atoms with E-state index in [0.29, 0.717) is 5.69 Å². The predicted molar refractivity (Wildman–Crippen MR) is 128 cm³/mol. The zero-order valence-corrected chi connectivity index (χ0v) is 19.6. The van der Waals surface area contributed by atoms with Gasteiger partial charge in [0.05, 0.1) is 5.69 Å². The molecule has 0 aromatic carbocycles. The topological polar surface area (TPSA) is 44.1 Å². The maximum Gasteiger partial charge on any atom is 0.274 e. The number of hydrogen-bond donors (Lipinski definition) is 0. The summed E-state index contributed by atoms with van der Waals surface area (Å²) in [6, 6.07) is 6.82. The molecule has 1 saturated carbocycles. The average molecular weight is 438 g/mol. The van der Waals surface area contributed by atoms with E-state index in [2.05, 4.69) is 25.3 Å². The Kier molecular flexibility index (Phi) is 7.08. The number of piperazine rings is 1. The quantitative estimate of drug-likeness (QED) is 0.719. The molecule has 1 amide bonds. The number of carbonyl (C=O) groups is 1. The summed E-state index contributed by atoms with van der Waals surface area (Å²) in [5, 5.41) is 0. The fraction of sp³-hybridized carbons (Fsp3) is 0.692. The van der Waals surface area contributed by atoms with Gasteiger partial charge in [-0.15, -0.1) is 0 Å². The Hall–Kier alpha value is -1.92. The normalized spacial score (nSPS) is 22.7. The number of amides is 1. The summed E-state index contributed by atoms with van der Waals surface area (Å²) >= 11 is 0. The Labute approximate surface area is 192 Å². The van der Waals surface area contributed by atoms with Crippen LogP contribution in [-0.2, 0) is 6.54 Å². The lowest BCUT2D eigenvalue weighted by molar-refractivity contribution is 0.0517. The molecule has 3 fully saturated rings. The monoisotopic (exact) mass is 437 g/mol. The summed E-state index contributed by atoms with van der Waals surface area (Å²) in [7, 11) is 0. The zero-order valence-electron chi connectivity index (χ0n) is 19.6. The molecule has 2 saturated heterocycles. The maximum absolute atomic E-state index is 13.7. The number of likely N-dealkylation sites (tertiary alicyclic amines) is 1. The molecule has 0 N–H and O–H groups in total. The molecule has 0 atom stereocenters. The fourth-order valence-electron chi connectivity index (χ4n) is 5.94. The highest BCUT2D eigenvalue weighted by Gasteiger charge is 2.30. The minimum Gasteiger partial charge on any atom is -0.335 e. The first-order chi connectivity index (χ1) is 15.8. The molecule has 0 spiro atoms. The van der Waals surface area contributed by atoms with Crippen LogP contribution in [0.3, 0.4) is 0 Å². The molecule has 174 valence electrons. The van der Waals surface area contributed by atoms with E-state index >= 15 is 0 Å². The number of hydrogen-bond acceptors (Lipinski definition) is 4. The SMILES string of the molecule is O=C(c1nc2ccccn2c1CN1CCCCCCC1)N1CCN(C2CCCCC2)CC1. The third-order valence-electron chi connectivity index (χ3n) is 7.85. The van der Waals surface area contributed by atoms with Crippen LogP contribution in [0.15, 0.2) is 24.4 Å². The van der Waals surface area contributed by atoms with E-state index in [1.165, 1.54) is 64.2 Å². The number of carbonyl (C=O) groups excluding carboxylic acids is 1. The summed E-state index contributed by atoms with van der Waals surface area (Å²) in [5.41, 5.74) is 2.63. The third kappa shape index (κ3) is 4.86. The van der Waals surface area contributed by atoms with Crippen LogP contribution in [-0.4, -0.2) is 75.3 Å². The van der Waals surface area contributed by atoms with Crippen LogP contribution in [0.4, 0.5) is 0 Å². The van der Waals surface area contributed by atoms with E-state index in [4.69, 9.17) is 4.98 Å². The lowest BCUT2D eigenvalue weighted by atomic mass is 9.94. The molecular weight excluding hydrogens is 398 g/mol. The molecule has 1 aliphatic carbocycles. The molecule has 4 heterocycles. The Morgan fingerprint density at radius 1 is 0.844 bits per heavy atom. The molecule has 6 heteroatoms. The smallest absolute Gasteiger partial charge is 0.274 e. The molecule has 2 aromatic heterocycles. The Balaban J connectivity index is 1.32. The van der Waals surface area contributed by atoms with E-state index < -0.39 is 0 Å². The van der Waals surface area contributed by atoms with Gasteiger partial charge in [-0.3, -0.25) is 14.6 Å². The Bertz CT molecular complexity index is 887. The van der Waals surface area contributed by atoms with Crippen LogP contribution < -0.4 is 0 Å². The minimum absolute atomic E-state index is 0.124. The molecule has 0 unspecified atom stereocenters. The molecular formula is C26H39N5O. The van der Waals surface area contributed by atoms with Crippen molar-refractivity contribution in [1.29, 1.82) is 0 Å². The van der Waals surface area contributed by atoms with E-state index in [-0.39, 0.29) is 5.91 Å². The molecule has 5 rings (SSSR count). The maximum atomic E-state index is 13.7. The standard InChI is InChI=1S/C26H39N5O/c32-26(30-19-17-29(18-20-30)22-11-5-4-6-12-22)25-23(31-16-10-7-13-24(31)27-25)21-28-14-8-2-1-3-9-15-28/h7,10,13,16,22H,1-6,8-9,11-12,14-15,17-21H2. The van der Waals surface area contributed by atoms with Crippen LogP contribution in [0.2, 0.25) is 0 Å². The van der Waals surface area contributed by atoms with Crippen LogP contribution in [0.5, 0.6) is 0 Å². The van der Waals surface area contributed by atoms with E-state index in [1.807, 2.05) is 18.2 Å². The fourth-order valence-corrected chi connectivity index (χ4v) is 5.94. The summed E-state index contributed by atoms with van der Waals surface area (Å²) in [6.07, 6.45) is 15.4. The summed E-state index contributed by atoms with van der Waals surface area (Å²) < 4.78 is 2.14. The number of fused-ring (bicyclic) bond motifs is 1. The van der Waals surface area contributed by atoms with Gasteiger partial charge >= 0.3 is 0 Å². The highest BCUT2D eigenvalue weighted by molar-refractivity contribution is 5.94. The molecule has 0 bridgehead atoms. The van der Waals surface area contributed by atoms with Crippen LogP contribution >= 0.6 is 0 Å². The molecule has 2 aliphatic heterocycles. The van der Waals surface area contributed by atoms with Gasteiger partial charge in [-0.2, -0.15) is 0 Å². The summed E-state index contributed by atoms with van der Waals surface area (Å²) in [6.45, 7) is 6.71. The number of aromatic nitrogens is 2. The average Bonchev–Trinajstić information content (AvgIpc) is 3.19. The Morgan fingerprint density at radius 2 is 1.53 bits per heavy atom. The number of pyridine rings is 1. The largest absolute Gasteiger partial charge is 0.335 e. The van der Waals surface area contributed by atoms with Gasteiger partial charge in [0.15, 0.2) is 5.69 Å². The highest BCUT2D eigenvalue weighted by atomic mass is 16.2. The molecule has 32 heavy (non-hydrogen) atoms. The van der Waals surface area contributed by atoms with Gasteiger partial charge in [-0.05, 0) is 50.9 Å². The van der Waals surface area contributed by atoms with Gasteiger partial charge in [0.25, 0.3) is 5.91 Å². The van der Waals surface area contributed by atoms with Gasteiger partial charge in [-0.25, -0.2) is 4.98 Å². The molecule has 0 radical (unpaired) electrons. The van der Waals surface area contributed by atoms with Crippen molar-refractivity contribution in [2.45, 2.75) is 76.8 Å². The number of nitrogens with zero attached hydrogens (tertiary/aromatic N) is 5. The van der Waals surface area contributed by atoms with Gasteiger partial charge in [0, 0.05) is 45.0 Å². The van der Waals surface area contributed by atoms with E-state index in [1.54, 1.807) is 0 Å². The van der Waals surface area contributed by atoms with Crippen molar-refractivity contribution in [3.63, 3.8) is 0 Å². The second kappa shape index (κ2) is 10.3. The van der Waals surface area contributed by atoms with Crippen molar-refractivity contribution in [2.24, 2.45) is 0 Å². The zero-order chi connectivity index (χ0) is 21.8. The van der Waals surface area contributed by atoms with Crippen LogP contribution in [0.25, 0.3) is 5.65 Å². The van der Waals surface area contributed by atoms with E-state index in [9.17, 15) is 4.79 Å². The van der Waals surface area contributed by atoms with E-state index in [0.717, 1.165) is 63.2 Å². The van der Waals surface area contributed by atoms with Crippen LogP contribution in [0, 0.1) is 0 Å². The minimum atomic E-state index is 0.124. The summed E-state index contributed by atoms with van der Waals surface area (Å²) in [5.74, 6) is 0.124. The van der Waals surface area contributed by atoms with Gasteiger partial charge < -0.3 is 9.30 Å². The van der Waals surface area contributed by atoms with Crippen molar-refractivity contribution in [3.8, 4) is 0 Å². The number of rotatable bonds is 4. The number of imidazole rings is 1. The van der Waals surface area contributed by atoms with Crippen molar-refractivity contribution < 1.29 is 4.79 Å². The highest BCUT2D eigenvalue weighted by Crippen LogP contribution is 2.25. The first-order valence-corrected chi connectivity index (χ1v) is 13.0.